The summed E-state index contributed by atoms with van der Waals surface area (Å²) in [5.41, 5.74) is -0.325. The van der Waals surface area contributed by atoms with Crippen LogP contribution >= 0.6 is 31.9 Å². The summed E-state index contributed by atoms with van der Waals surface area (Å²) in [7, 11) is 1.67. The molecule has 0 bridgehead atoms. The highest BCUT2D eigenvalue weighted by Crippen LogP contribution is 2.49. The van der Waals surface area contributed by atoms with Crippen LogP contribution in [0.25, 0.3) is 0 Å². The van der Waals surface area contributed by atoms with Crippen molar-refractivity contribution in [3.63, 3.8) is 0 Å². The molecule has 0 spiro atoms. The predicted molar refractivity (Wildman–Crippen MR) is 127 cm³/mol. The summed E-state index contributed by atoms with van der Waals surface area (Å²) in [6.07, 6.45) is 3.14. The maximum atomic E-state index is 6.10. The summed E-state index contributed by atoms with van der Waals surface area (Å²) in [6.45, 7) is 16.1. The third-order valence-electron chi connectivity index (χ3n) is 7.02. The molecule has 7 nitrogen and oxygen atoms in total. The molecule has 4 fully saturated rings. The zero-order valence-corrected chi connectivity index (χ0v) is 23.7. The molecular formula is C23H38Br2O7. The second kappa shape index (κ2) is 9.47. The molecule has 0 radical (unpaired) electrons. The fraction of sp³-hybridized carbons (Fsp3) is 0.913. The highest BCUT2D eigenvalue weighted by molar-refractivity contribution is 9.28. The number of halogens is 2. The minimum atomic E-state index is -0.550. The molecule has 0 saturated carbocycles. The topological polar surface area (TPSA) is 64.6 Å². The first kappa shape index (κ1) is 27.0. The zero-order valence-electron chi connectivity index (χ0n) is 20.6. The highest BCUT2D eigenvalue weighted by Gasteiger charge is 2.60. The fourth-order valence-corrected chi connectivity index (χ4v) is 5.95. The molecule has 4 saturated heterocycles. The molecule has 32 heavy (non-hydrogen) atoms. The minimum absolute atomic E-state index is 0.000509. The van der Waals surface area contributed by atoms with Crippen LogP contribution in [0.4, 0.5) is 0 Å². The minimum Gasteiger partial charge on any atom is -0.353 e. The van der Waals surface area contributed by atoms with Gasteiger partial charge in [-0.3, -0.25) is 0 Å². The van der Waals surface area contributed by atoms with Crippen LogP contribution in [0.1, 0.15) is 68.2 Å². The van der Waals surface area contributed by atoms with Gasteiger partial charge < -0.3 is 33.2 Å². The van der Waals surface area contributed by atoms with E-state index in [9.17, 15) is 0 Å². The van der Waals surface area contributed by atoms with E-state index >= 15 is 0 Å². The molecule has 4 rings (SSSR count). The standard InChI is InChI=1S/C12H18Br2O3.C11H20O4/c1-5-12(6-8(13)14)7(2)9-10(17-12)16-11(3,4)15-9;1-6-11(12-5)7(2)8-9(15-11)14-10(3,4)13-8/h6-7,9-10H,5H2,1-4H3;7-9H,6H2,1-5H3/t7-,9?,10+,12+;7-,8?,9+,11-/m11/s1. The molecule has 0 aromatic heterocycles. The number of methoxy groups -OCH3 is 1. The Labute approximate surface area is 209 Å². The lowest BCUT2D eigenvalue weighted by molar-refractivity contribution is -0.300. The van der Waals surface area contributed by atoms with Gasteiger partial charge in [0.2, 0.25) is 0 Å². The van der Waals surface area contributed by atoms with Gasteiger partial charge in [0.15, 0.2) is 29.9 Å². The molecule has 0 aromatic carbocycles. The molecule has 186 valence electrons. The Kier molecular flexibility index (Phi) is 7.99. The van der Waals surface area contributed by atoms with Crippen LogP contribution in [0.15, 0.2) is 9.47 Å². The van der Waals surface area contributed by atoms with Crippen molar-refractivity contribution in [3.8, 4) is 0 Å². The van der Waals surface area contributed by atoms with E-state index in [1.807, 2.05) is 34.6 Å². The van der Waals surface area contributed by atoms with Gasteiger partial charge in [-0.05, 0) is 78.5 Å². The summed E-state index contributed by atoms with van der Waals surface area (Å²) >= 11 is 6.81. The van der Waals surface area contributed by atoms with E-state index in [0.717, 1.165) is 16.2 Å². The van der Waals surface area contributed by atoms with E-state index in [0.29, 0.717) is 0 Å². The van der Waals surface area contributed by atoms with Gasteiger partial charge in [-0.2, -0.15) is 0 Å². The van der Waals surface area contributed by atoms with Gasteiger partial charge in [0.25, 0.3) is 0 Å². The monoisotopic (exact) mass is 584 g/mol. The number of hydrogen-bond donors (Lipinski definition) is 0. The molecule has 0 aliphatic carbocycles. The average molecular weight is 586 g/mol. The van der Waals surface area contributed by atoms with Crippen LogP contribution in [-0.4, -0.2) is 54.9 Å². The molecular weight excluding hydrogens is 548 g/mol. The van der Waals surface area contributed by atoms with Gasteiger partial charge in [-0.1, -0.05) is 27.7 Å². The Morgan fingerprint density at radius 2 is 1.28 bits per heavy atom. The molecule has 4 heterocycles. The van der Waals surface area contributed by atoms with Gasteiger partial charge in [-0.25, -0.2) is 0 Å². The van der Waals surface area contributed by atoms with Crippen LogP contribution in [-0.2, 0) is 33.2 Å². The molecule has 0 amide bonds. The summed E-state index contributed by atoms with van der Waals surface area (Å²) in [6, 6.07) is 0. The number of hydrogen-bond acceptors (Lipinski definition) is 7. The Bertz CT molecular complexity index is 704. The number of fused-ring (bicyclic) bond motifs is 2. The average Bonchev–Trinajstić information content (AvgIpc) is 3.32. The van der Waals surface area contributed by atoms with E-state index < -0.39 is 17.4 Å². The quantitative estimate of drug-likeness (QED) is 0.413. The van der Waals surface area contributed by atoms with E-state index in [4.69, 9.17) is 33.2 Å². The normalized spacial score (nSPS) is 45.7. The number of ether oxygens (including phenoxy) is 7. The first-order valence-corrected chi connectivity index (χ1v) is 13.0. The third-order valence-corrected chi connectivity index (χ3v) is 7.48. The first-order chi connectivity index (χ1) is 14.7. The second-order valence-electron chi connectivity index (χ2n) is 9.86. The van der Waals surface area contributed by atoms with Crippen LogP contribution < -0.4 is 0 Å². The Morgan fingerprint density at radius 3 is 1.66 bits per heavy atom. The van der Waals surface area contributed by atoms with Gasteiger partial charge in [0, 0.05) is 18.9 Å². The van der Waals surface area contributed by atoms with Crippen LogP contribution in [0, 0.1) is 11.8 Å². The van der Waals surface area contributed by atoms with E-state index in [-0.39, 0.29) is 42.2 Å². The molecule has 0 aromatic rings. The maximum Gasteiger partial charge on any atom is 0.190 e. The SMILES string of the molecule is CC[C@@]1(C=C(Br)Br)O[C@@H]2OC(C)(C)OC2[C@H]1C.CC[C@@]1(OC)O[C@@H]2OC(C)(C)OC2[C@H]1C. The molecule has 8 atom stereocenters. The van der Waals surface area contributed by atoms with E-state index in [1.54, 1.807) is 7.11 Å². The smallest absolute Gasteiger partial charge is 0.190 e. The van der Waals surface area contributed by atoms with Crippen molar-refractivity contribution >= 4 is 31.9 Å². The Hall–Kier alpha value is 0.420. The van der Waals surface area contributed by atoms with E-state index in [1.165, 1.54) is 0 Å². The molecule has 4 aliphatic rings. The van der Waals surface area contributed by atoms with Crippen molar-refractivity contribution in [1.82, 2.24) is 0 Å². The lowest BCUT2D eigenvalue weighted by Gasteiger charge is -2.33. The summed E-state index contributed by atoms with van der Waals surface area (Å²) in [4.78, 5) is 0. The van der Waals surface area contributed by atoms with Crippen molar-refractivity contribution in [3.05, 3.63) is 9.47 Å². The van der Waals surface area contributed by atoms with Crippen molar-refractivity contribution in [2.45, 2.75) is 116 Å². The molecule has 0 N–H and O–H groups in total. The van der Waals surface area contributed by atoms with Gasteiger partial charge >= 0.3 is 0 Å². The van der Waals surface area contributed by atoms with Crippen LogP contribution in [0.5, 0.6) is 0 Å². The van der Waals surface area contributed by atoms with Gasteiger partial charge in [-0.15, -0.1) is 0 Å². The maximum absolute atomic E-state index is 6.10. The second-order valence-corrected chi connectivity index (χ2v) is 12.6. The molecule has 9 heteroatoms. The summed E-state index contributed by atoms with van der Waals surface area (Å²) < 4.78 is 41.5. The first-order valence-electron chi connectivity index (χ1n) is 11.4. The summed E-state index contributed by atoms with van der Waals surface area (Å²) in [5.74, 6) is -1.20. The Balaban J connectivity index is 0.000000182. The van der Waals surface area contributed by atoms with Crippen LogP contribution in [0.2, 0.25) is 0 Å². The van der Waals surface area contributed by atoms with Crippen molar-refractivity contribution in [2.75, 3.05) is 7.11 Å². The summed E-state index contributed by atoms with van der Waals surface area (Å²) in [5, 5.41) is 0. The molecule has 2 unspecified atom stereocenters. The van der Waals surface area contributed by atoms with Crippen molar-refractivity contribution < 1.29 is 33.2 Å². The zero-order chi connectivity index (χ0) is 24.1. The predicted octanol–water partition coefficient (Wildman–Crippen LogP) is 5.79. The third kappa shape index (κ3) is 5.02. The largest absolute Gasteiger partial charge is 0.353 e. The lowest BCUT2D eigenvalue weighted by Crippen LogP contribution is -2.40. The van der Waals surface area contributed by atoms with Gasteiger partial charge in [0.1, 0.15) is 12.2 Å². The lowest BCUT2D eigenvalue weighted by atomic mass is 9.85. The highest BCUT2D eigenvalue weighted by atomic mass is 79.9. The van der Waals surface area contributed by atoms with E-state index in [2.05, 4.69) is 58.7 Å². The Morgan fingerprint density at radius 1 is 0.781 bits per heavy atom. The van der Waals surface area contributed by atoms with Crippen molar-refractivity contribution in [1.29, 1.82) is 0 Å². The van der Waals surface area contributed by atoms with Crippen molar-refractivity contribution in [2.24, 2.45) is 11.8 Å². The van der Waals surface area contributed by atoms with Crippen LogP contribution in [0.3, 0.4) is 0 Å². The number of rotatable bonds is 4. The fourth-order valence-electron chi connectivity index (χ4n) is 5.17. The molecule has 4 aliphatic heterocycles. The van der Waals surface area contributed by atoms with Gasteiger partial charge in [0.05, 0.1) is 8.99 Å².